The number of β-amino-alcohol motifs (C(OH)–C–C–N with tert-alkyl or cyclic N) is 1. The average molecular weight is 1140 g/mol. The Labute approximate surface area is 483 Å². The lowest BCUT2D eigenvalue weighted by Crippen LogP contribution is -2.55. The number of rotatable bonds is 18. The quantitative estimate of drug-likeness (QED) is 0.0554. The maximum Gasteiger partial charge on any atom is 0.243 e. The van der Waals surface area contributed by atoms with Crippen molar-refractivity contribution in [2.24, 2.45) is 22.7 Å². The van der Waals surface area contributed by atoms with Gasteiger partial charge in [0.1, 0.15) is 23.8 Å². The number of hydrazone groups is 1. The number of aliphatic hydroxyl groups is 2. The molecule has 7 atom stereocenters. The standard InChI is InChI=1S/C61H78N12O8S/c1-36(2)57(61(78)72-33-44(75)25-52(72)60(77)65-37(3)39-8-10-40(11-9-39)58-50(34-74)64-35-82-58)54-29-55(68-81-54)70-22-15-38(16-23-70)30-69-20-17-45(18-21-69)79-46-26-47(27-46)80-56-24-41(14-19-63-56)73-42-12-13-43(73)32-71(31-42)51-28-49(66-67-59(51)62)48-6-4-5-7-53(48)76/h4-11,14,19,24,28-29,35-38,42-47,49,52,57,66,74-76H,12-13,15-18,20-23,25-27,30-34H2,1-3H3,(H2,62,67)(H,65,77)/t37-,42?,43?,44+,46?,47?,49?,52-,57+/m0/s1. The van der Waals surface area contributed by atoms with Crippen molar-refractivity contribution in [2.45, 2.75) is 146 Å². The SMILES string of the molecule is CC(C)[C@@H](C(=O)N1C[C@H](O)C[C@H]1C(=O)N[C@@H](C)c1ccc(-c2scnc2CO)cc1)c1cc(N2CCC(CN3CCC(OC4CC(Oc5cc(N6C7CCC6CN(C6=CC(c8ccccc8O)NN=C6N)C7)ccn5)C4)CC3)CC2)no1. The van der Waals surface area contributed by atoms with E-state index in [4.69, 9.17) is 19.7 Å². The molecule has 3 aromatic heterocycles. The molecule has 7 aliphatic rings. The molecule has 436 valence electrons. The van der Waals surface area contributed by atoms with Gasteiger partial charge in [0.2, 0.25) is 17.7 Å². The first kappa shape index (κ1) is 55.7. The minimum Gasteiger partial charge on any atom is -0.508 e. The molecule has 3 unspecified atom stereocenters. The van der Waals surface area contributed by atoms with Crippen molar-refractivity contribution >= 4 is 40.5 Å². The van der Waals surface area contributed by atoms with E-state index in [2.05, 4.69) is 68.8 Å². The van der Waals surface area contributed by atoms with Crippen molar-refractivity contribution in [3.8, 4) is 22.1 Å². The monoisotopic (exact) mass is 1140 g/mol. The van der Waals surface area contributed by atoms with Crippen molar-refractivity contribution in [1.29, 1.82) is 0 Å². The number of nitrogens with one attached hydrogen (secondary N) is 2. The van der Waals surface area contributed by atoms with Gasteiger partial charge in [0.15, 0.2) is 17.4 Å². The van der Waals surface area contributed by atoms with Crippen LogP contribution in [0.3, 0.4) is 0 Å². The number of likely N-dealkylation sites (tertiary alicyclic amines) is 3. The summed E-state index contributed by atoms with van der Waals surface area (Å²) in [6.07, 6.45) is 11.9. The highest BCUT2D eigenvalue weighted by Gasteiger charge is 2.45. The van der Waals surface area contributed by atoms with Gasteiger partial charge in [-0.05, 0) is 86.6 Å². The van der Waals surface area contributed by atoms with E-state index in [-0.39, 0.29) is 73.4 Å². The van der Waals surface area contributed by atoms with Gasteiger partial charge in [0.25, 0.3) is 0 Å². The predicted octanol–water partition coefficient (Wildman–Crippen LogP) is 6.43. The lowest BCUT2D eigenvalue weighted by atomic mass is 9.91. The summed E-state index contributed by atoms with van der Waals surface area (Å²) in [7, 11) is 0. The summed E-state index contributed by atoms with van der Waals surface area (Å²) >= 11 is 1.47. The molecule has 5 saturated heterocycles. The maximum absolute atomic E-state index is 14.4. The molecule has 2 aromatic carbocycles. The normalized spacial score (nSPS) is 26.0. The third-order valence-corrected chi connectivity index (χ3v) is 19.1. The number of nitrogens with zero attached hydrogens (tertiary/aromatic N) is 9. The fourth-order valence-electron chi connectivity index (χ4n) is 13.6. The van der Waals surface area contributed by atoms with Crippen molar-refractivity contribution in [3.05, 3.63) is 113 Å². The van der Waals surface area contributed by atoms with E-state index in [0.29, 0.717) is 41.2 Å². The number of aromatic hydroxyl groups is 1. The van der Waals surface area contributed by atoms with Crippen molar-refractivity contribution in [1.82, 2.24) is 40.6 Å². The summed E-state index contributed by atoms with van der Waals surface area (Å²) in [6, 6.07) is 20.4. The minimum absolute atomic E-state index is 0.0653. The third-order valence-electron chi connectivity index (χ3n) is 18.2. The number of nitrogens with two attached hydrogens (primary N) is 1. The summed E-state index contributed by atoms with van der Waals surface area (Å²) in [6.45, 7) is 12.2. The Balaban J connectivity index is 0.562. The van der Waals surface area contributed by atoms with E-state index < -0.39 is 18.1 Å². The number of aliphatic hydroxyl groups excluding tert-OH is 2. The summed E-state index contributed by atoms with van der Waals surface area (Å²) in [5.41, 5.74) is 16.5. The topological polar surface area (TPSA) is 244 Å². The van der Waals surface area contributed by atoms with E-state index >= 15 is 0 Å². The molecule has 0 spiro atoms. The minimum atomic E-state index is -0.828. The van der Waals surface area contributed by atoms with E-state index in [0.717, 1.165) is 136 Å². The van der Waals surface area contributed by atoms with Crippen LogP contribution < -0.4 is 31.0 Å². The number of phenolic OH excluding ortho intramolecular Hbond substituents is 1. The largest absolute Gasteiger partial charge is 0.508 e. The van der Waals surface area contributed by atoms with Gasteiger partial charge in [-0.1, -0.05) is 61.5 Å². The van der Waals surface area contributed by atoms with Gasteiger partial charge in [-0.2, -0.15) is 5.10 Å². The summed E-state index contributed by atoms with van der Waals surface area (Å²) in [5, 5.41) is 43.0. The molecule has 5 aromatic rings. The van der Waals surface area contributed by atoms with Gasteiger partial charge in [-0.25, -0.2) is 9.97 Å². The second kappa shape index (κ2) is 24.2. The fraction of sp³-hybridized carbons (Fsp3) is 0.541. The number of carbonyl (C=O) groups is 2. The Hall–Kier alpha value is -6.78. The summed E-state index contributed by atoms with van der Waals surface area (Å²) < 4.78 is 19.1. The first-order valence-corrected chi connectivity index (χ1v) is 30.5. The first-order valence-electron chi connectivity index (χ1n) is 29.6. The third kappa shape index (κ3) is 11.9. The molecule has 21 heteroatoms. The number of para-hydroxylation sites is 1. The van der Waals surface area contributed by atoms with E-state index in [1.165, 1.54) is 16.2 Å². The zero-order chi connectivity index (χ0) is 56.6. The Kier molecular flexibility index (Phi) is 16.5. The van der Waals surface area contributed by atoms with Crippen LogP contribution in [0.1, 0.15) is 119 Å². The van der Waals surface area contributed by atoms with Crippen molar-refractivity contribution < 1.29 is 38.9 Å². The maximum atomic E-state index is 14.4. The molecule has 6 fully saturated rings. The number of benzene rings is 2. The molecule has 6 aliphatic heterocycles. The van der Waals surface area contributed by atoms with Crippen LogP contribution in [-0.4, -0.2) is 158 Å². The van der Waals surface area contributed by atoms with Crippen LogP contribution in [0.4, 0.5) is 11.5 Å². The highest BCUT2D eigenvalue weighted by Crippen LogP contribution is 2.40. The van der Waals surface area contributed by atoms with Crippen LogP contribution in [0.2, 0.25) is 0 Å². The molecule has 1 aliphatic carbocycles. The van der Waals surface area contributed by atoms with E-state index in [1.54, 1.807) is 11.6 Å². The Morgan fingerprint density at radius 3 is 2.37 bits per heavy atom. The Morgan fingerprint density at radius 2 is 1.63 bits per heavy atom. The number of fused-ring (bicyclic) bond motifs is 2. The van der Waals surface area contributed by atoms with Gasteiger partial charge in [-0.15, -0.1) is 11.3 Å². The number of amides is 2. The van der Waals surface area contributed by atoms with Gasteiger partial charge in [0.05, 0.1) is 58.8 Å². The van der Waals surface area contributed by atoms with Crippen LogP contribution in [0, 0.1) is 11.8 Å². The second-order valence-corrected chi connectivity index (χ2v) is 24.9. The van der Waals surface area contributed by atoms with Crippen LogP contribution in [0.25, 0.3) is 10.4 Å². The Morgan fingerprint density at radius 1 is 0.878 bits per heavy atom. The van der Waals surface area contributed by atoms with Crippen LogP contribution in [0.15, 0.2) is 99.8 Å². The highest BCUT2D eigenvalue weighted by atomic mass is 32.1. The molecule has 9 heterocycles. The number of anilines is 2. The Bertz CT molecular complexity index is 3080. The zero-order valence-electron chi connectivity index (χ0n) is 47.1. The number of amidine groups is 1. The fourth-order valence-corrected chi connectivity index (χ4v) is 14.4. The van der Waals surface area contributed by atoms with Crippen LogP contribution >= 0.6 is 11.3 Å². The lowest BCUT2D eigenvalue weighted by molar-refractivity contribution is -0.141. The number of hydrogen-bond acceptors (Lipinski definition) is 19. The number of carbonyl (C=O) groups excluding carboxylic acids is 2. The van der Waals surface area contributed by atoms with Gasteiger partial charge in [-0.3, -0.25) is 15.0 Å². The van der Waals surface area contributed by atoms with Crippen LogP contribution in [-0.2, 0) is 20.9 Å². The summed E-state index contributed by atoms with van der Waals surface area (Å²) in [4.78, 5) is 49.3. The molecule has 0 radical (unpaired) electrons. The van der Waals surface area contributed by atoms with E-state index in [1.807, 2.05) is 75.5 Å². The number of piperazine rings is 1. The van der Waals surface area contributed by atoms with Gasteiger partial charge in [0, 0.05) is 113 Å². The molecular weight excluding hydrogens is 1060 g/mol. The predicted molar refractivity (Wildman–Crippen MR) is 312 cm³/mol. The molecule has 2 bridgehead atoms. The number of piperidine rings is 2. The molecule has 1 saturated carbocycles. The molecule has 82 heavy (non-hydrogen) atoms. The van der Waals surface area contributed by atoms with Crippen molar-refractivity contribution in [3.63, 3.8) is 0 Å². The second-order valence-electron chi connectivity index (χ2n) is 24.0. The van der Waals surface area contributed by atoms with Gasteiger partial charge >= 0.3 is 0 Å². The molecule has 20 nitrogen and oxygen atoms in total. The molecule has 7 N–H and O–H groups in total. The van der Waals surface area contributed by atoms with E-state index in [9.17, 15) is 24.9 Å². The zero-order valence-corrected chi connectivity index (χ0v) is 47.9. The number of pyridine rings is 1. The van der Waals surface area contributed by atoms with Crippen LogP contribution in [0.5, 0.6) is 11.6 Å². The lowest BCUT2D eigenvalue weighted by Gasteiger charge is -2.44. The highest BCUT2D eigenvalue weighted by molar-refractivity contribution is 7.13. The number of hydrogen-bond donors (Lipinski definition) is 6. The number of aromatic nitrogens is 3. The molecule has 2 amide bonds. The number of phenols is 1. The molecule has 12 rings (SSSR count). The number of thiazole rings is 1. The number of ether oxygens (including phenoxy) is 2. The first-order chi connectivity index (χ1) is 39.8. The summed E-state index contributed by atoms with van der Waals surface area (Å²) in [5.74, 6) is 1.75. The smallest absolute Gasteiger partial charge is 0.243 e. The average Bonchev–Trinajstić information content (AvgIpc) is 4.48. The van der Waals surface area contributed by atoms with Gasteiger partial charge < -0.3 is 64.9 Å². The molecular formula is C61H78N12O8S. The van der Waals surface area contributed by atoms with Crippen molar-refractivity contribution in [2.75, 3.05) is 62.2 Å².